The van der Waals surface area contributed by atoms with E-state index in [1.165, 1.54) is 18.2 Å². The number of benzene rings is 2. The van der Waals surface area contributed by atoms with E-state index in [4.69, 9.17) is 16.7 Å². The summed E-state index contributed by atoms with van der Waals surface area (Å²) in [6, 6.07) is 4.69. The Kier molecular flexibility index (Phi) is 6.93. The second-order valence-electron chi connectivity index (χ2n) is 9.14. The number of anilines is 1. The molecular formula is C24H21ClF3NO6S. The van der Waals surface area contributed by atoms with Crippen LogP contribution < -0.4 is 5.32 Å². The third kappa shape index (κ3) is 5.00. The van der Waals surface area contributed by atoms with Crippen molar-refractivity contribution < 1.29 is 41.4 Å². The number of carbonyl (C=O) groups is 2. The van der Waals surface area contributed by atoms with Crippen molar-refractivity contribution in [3.8, 4) is 0 Å². The highest BCUT2D eigenvalue weighted by atomic mass is 35.5. The normalized spacial score (nSPS) is 25.8. The Labute approximate surface area is 209 Å². The predicted molar refractivity (Wildman–Crippen MR) is 124 cm³/mol. The van der Waals surface area contributed by atoms with Gasteiger partial charge in [0.25, 0.3) is 5.91 Å². The lowest BCUT2D eigenvalue weighted by atomic mass is 9.77. The third-order valence-electron chi connectivity index (χ3n) is 6.70. The van der Waals surface area contributed by atoms with Crippen LogP contribution in [-0.4, -0.2) is 41.4 Å². The summed E-state index contributed by atoms with van der Waals surface area (Å²) in [7, 11) is -4.09. The minimum Gasteiger partial charge on any atom is -0.478 e. The van der Waals surface area contributed by atoms with E-state index in [0.29, 0.717) is 25.0 Å². The van der Waals surface area contributed by atoms with Gasteiger partial charge in [0.15, 0.2) is 27.3 Å². The molecule has 2 saturated carbocycles. The number of nitrogens with one attached hydrogen (secondary N) is 1. The van der Waals surface area contributed by atoms with E-state index in [1.54, 1.807) is 0 Å². The van der Waals surface area contributed by atoms with Gasteiger partial charge in [-0.05, 0) is 61.8 Å². The van der Waals surface area contributed by atoms with Crippen molar-refractivity contribution in [3.05, 3.63) is 70.5 Å². The minimum absolute atomic E-state index is 0.0522. The zero-order valence-corrected chi connectivity index (χ0v) is 20.1. The van der Waals surface area contributed by atoms with Crippen molar-refractivity contribution in [2.75, 3.05) is 5.32 Å². The van der Waals surface area contributed by atoms with Crippen LogP contribution in [0.1, 0.15) is 36.0 Å². The largest absolute Gasteiger partial charge is 0.478 e. The van der Waals surface area contributed by atoms with E-state index >= 15 is 0 Å². The predicted octanol–water partition coefficient (Wildman–Crippen LogP) is 4.34. The van der Waals surface area contributed by atoms with Crippen molar-refractivity contribution in [2.24, 2.45) is 11.8 Å². The summed E-state index contributed by atoms with van der Waals surface area (Å²) in [5, 5.41) is 20.9. The fourth-order valence-electron chi connectivity index (χ4n) is 5.28. The van der Waals surface area contributed by atoms with E-state index in [0.717, 1.165) is 12.1 Å². The second kappa shape index (κ2) is 9.53. The van der Waals surface area contributed by atoms with Crippen LogP contribution in [0.25, 0.3) is 0 Å². The maximum atomic E-state index is 13.7. The Morgan fingerprint density at radius 1 is 1.06 bits per heavy atom. The number of fused-ring (bicyclic) bond motifs is 2. The molecule has 7 nitrogen and oxygen atoms in total. The monoisotopic (exact) mass is 543 g/mol. The first-order valence-electron chi connectivity index (χ1n) is 10.9. The summed E-state index contributed by atoms with van der Waals surface area (Å²) >= 11 is 6.20. The van der Waals surface area contributed by atoms with Gasteiger partial charge in [-0.3, -0.25) is 4.79 Å². The molecule has 0 aliphatic heterocycles. The van der Waals surface area contributed by atoms with Gasteiger partial charge in [0.05, 0.1) is 20.8 Å². The zero-order chi connectivity index (χ0) is 26.4. The summed E-state index contributed by atoms with van der Waals surface area (Å²) in [5.41, 5.74) is -1.97. The summed E-state index contributed by atoms with van der Waals surface area (Å²) < 4.78 is 67.5. The number of carboxylic acid groups (broad SMARTS) is 1. The van der Waals surface area contributed by atoms with E-state index in [9.17, 15) is 36.3 Å². The molecule has 1 amide bonds. The van der Waals surface area contributed by atoms with Crippen molar-refractivity contribution in [1.82, 2.24) is 0 Å². The average Bonchev–Trinajstić information content (AvgIpc) is 3.09. The molecule has 2 aromatic carbocycles. The Bertz CT molecular complexity index is 1340. The summed E-state index contributed by atoms with van der Waals surface area (Å²) in [6.45, 7) is 0. The molecule has 0 spiro atoms. The highest BCUT2D eigenvalue weighted by Gasteiger charge is 2.53. The smallest absolute Gasteiger partial charge is 0.328 e. The van der Waals surface area contributed by atoms with Crippen LogP contribution >= 0.6 is 11.6 Å². The van der Waals surface area contributed by atoms with Crippen LogP contribution in [0.2, 0.25) is 5.02 Å². The van der Waals surface area contributed by atoms with Crippen LogP contribution in [0.4, 0.5) is 18.9 Å². The van der Waals surface area contributed by atoms with Crippen LogP contribution in [0.3, 0.4) is 0 Å². The number of carboxylic acids is 1. The number of sulfone groups is 1. The molecule has 2 bridgehead atoms. The van der Waals surface area contributed by atoms with Gasteiger partial charge in [-0.1, -0.05) is 11.6 Å². The van der Waals surface area contributed by atoms with E-state index in [2.05, 4.69) is 5.32 Å². The molecule has 0 saturated heterocycles. The Morgan fingerprint density at radius 3 is 2.19 bits per heavy atom. The zero-order valence-electron chi connectivity index (χ0n) is 18.5. The van der Waals surface area contributed by atoms with Gasteiger partial charge in [-0.15, -0.1) is 0 Å². The minimum atomic E-state index is -4.09. The molecule has 2 aliphatic carbocycles. The number of hydrogen-bond acceptors (Lipinski definition) is 5. The molecule has 12 heteroatoms. The second-order valence-corrected chi connectivity index (χ2v) is 11.6. The van der Waals surface area contributed by atoms with Gasteiger partial charge < -0.3 is 15.5 Å². The summed E-state index contributed by atoms with van der Waals surface area (Å²) in [4.78, 5) is 23.2. The number of hydrogen-bond donors (Lipinski definition) is 3. The molecule has 2 atom stereocenters. The van der Waals surface area contributed by atoms with Crippen LogP contribution in [0.15, 0.2) is 47.4 Å². The van der Waals surface area contributed by atoms with Crippen LogP contribution in [0.5, 0.6) is 0 Å². The maximum Gasteiger partial charge on any atom is 0.328 e. The quantitative estimate of drug-likeness (QED) is 0.368. The SMILES string of the molecule is O=C(O)/C=C/[C@]1(O)CC2CCC(C1)[C@H]2S(=O)(=O)c1cc(C(=O)Nc2cc(F)c(F)c(F)c2)ccc1Cl. The molecule has 0 heterocycles. The number of amides is 1. The molecule has 4 rings (SSSR count). The third-order valence-corrected chi connectivity index (χ3v) is 9.58. The van der Waals surface area contributed by atoms with E-state index in [1.807, 2.05) is 0 Å². The first kappa shape index (κ1) is 26.2. The highest BCUT2D eigenvalue weighted by Crippen LogP contribution is 2.51. The molecule has 0 radical (unpaired) electrons. The lowest BCUT2D eigenvalue weighted by Gasteiger charge is -2.39. The molecule has 3 N–H and O–H groups in total. The fourth-order valence-corrected chi connectivity index (χ4v) is 8.12. The Balaban J connectivity index is 1.61. The number of aliphatic hydroxyl groups is 1. The molecule has 192 valence electrons. The first-order valence-corrected chi connectivity index (χ1v) is 12.9. The number of carbonyl (C=O) groups excluding carboxylic acids is 1. The standard InChI is InChI=1S/C24H21ClF3NO6S/c25-16-4-3-12(23(32)29-15-8-17(26)21(28)18(27)9-15)7-19(16)36(34,35)22-13-1-2-14(22)11-24(33,10-13)6-5-20(30)31/h3-9,13-14,22,33H,1-2,10-11H2,(H,29,32)(H,30,31)/b6-5+/t13?,14?,22-,24-. The number of rotatable bonds is 6. The van der Waals surface area contributed by atoms with Crippen molar-refractivity contribution in [3.63, 3.8) is 0 Å². The van der Waals surface area contributed by atoms with Gasteiger partial charge in [-0.25, -0.2) is 26.4 Å². The summed E-state index contributed by atoms with van der Waals surface area (Å²) in [5.74, 6) is -7.75. The average molecular weight is 544 g/mol. The lowest BCUT2D eigenvalue weighted by Crippen LogP contribution is -2.45. The van der Waals surface area contributed by atoms with Gasteiger partial charge in [-0.2, -0.15) is 0 Å². The molecule has 0 aromatic heterocycles. The Hall–Kier alpha value is -2.89. The number of halogens is 4. The van der Waals surface area contributed by atoms with Gasteiger partial charge >= 0.3 is 5.97 Å². The molecule has 2 fully saturated rings. The molecular weight excluding hydrogens is 523 g/mol. The van der Waals surface area contributed by atoms with Crippen molar-refractivity contribution in [2.45, 2.75) is 41.4 Å². The molecule has 2 aliphatic rings. The Morgan fingerprint density at radius 2 is 1.64 bits per heavy atom. The number of aliphatic carboxylic acids is 1. The first-order chi connectivity index (χ1) is 16.8. The summed E-state index contributed by atoms with van der Waals surface area (Å²) in [6.07, 6.45) is 3.15. The molecule has 2 unspecified atom stereocenters. The topological polar surface area (TPSA) is 121 Å². The molecule has 36 heavy (non-hydrogen) atoms. The van der Waals surface area contributed by atoms with Crippen molar-refractivity contribution in [1.29, 1.82) is 0 Å². The van der Waals surface area contributed by atoms with Gasteiger partial charge in [0.1, 0.15) is 0 Å². The molecule has 2 aromatic rings. The highest BCUT2D eigenvalue weighted by molar-refractivity contribution is 7.92. The van der Waals surface area contributed by atoms with Crippen LogP contribution in [-0.2, 0) is 14.6 Å². The van der Waals surface area contributed by atoms with E-state index < -0.39 is 61.9 Å². The van der Waals surface area contributed by atoms with Gasteiger partial charge in [0, 0.05) is 29.5 Å². The van der Waals surface area contributed by atoms with Crippen LogP contribution in [0, 0.1) is 29.3 Å². The maximum absolute atomic E-state index is 13.7. The van der Waals surface area contributed by atoms with Gasteiger partial charge in [0.2, 0.25) is 0 Å². The van der Waals surface area contributed by atoms with Crippen molar-refractivity contribution >= 4 is 39.0 Å². The lowest BCUT2D eigenvalue weighted by molar-refractivity contribution is -0.131. The van der Waals surface area contributed by atoms with E-state index in [-0.39, 0.29) is 34.0 Å². The fraction of sp³-hybridized carbons (Fsp3) is 0.333.